The molecule has 0 saturated carbocycles. The van der Waals surface area contributed by atoms with Gasteiger partial charge in [0.05, 0.1) is 6.61 Å². The normalized spacial score (nSPS) is 16.7. The third kappa shape index (κ3) is 9.45. The molecule has 3 N–H and O–H groups in total. The lowest BCUT2D eigenvalue weighted by Gasteiger charge is -2.23. The first-order chi connectivity index (χ1) is 19.3. The van der Waals surface area contributed by atoms with Gasteiger partial charge in [-0.15, -0.1) is 26.3 Å². The number of rotatable bonds is 12. The molecule has 42 heavy (non-hydrogen) atoms. The lowest BCUT2D eigenvalue weighted by Crippen LogP contribution is -2.34. The van der Waals surface area contributed by atoms with Crippen LogP contribution in [0.5, 0.6) is 11.5 Å². The number of halogens is 8. The van der Waals surface area contributed by atoms with Crippen LogP contribution in [-0.4, -0.2) is 52.4 Å². The van der Waals surface area contributed by atoms with Crippen LogP contribution in [0.3, 0.4) is 0 Å². The van der Waals surface area contributed by atoms with E-state index in [2.05, 4.69) is 14.0 Å². The van der Waals surface area contributed by atoms with Crippen molar-refractivity contribution >= 4 is 13.8 Å². The number of phosphoric acid groups is 1. The summed E-state index contributed by atoms with van der Waals surface area (Å²) in [6.07, 6.45) is -14.3. The van der Waals surface area contributed by atoms with Gasteiger partial charge >= 0.3 is 26.5 Å². The predicted molar refractivity (Wildman–Crippen MR) is 117 cm³/mol. The van der Waals surface area contributed by atoms with Gasteiger partial charge in [0.15, 0.2) is 35.0 Å². The van der Waals surface area contributed by atoms with E-state index in [1.54, 1.807) is 0 Å². The number of aliphatic hydroxyl groups excluding tert-OH is 1. The molecule has 20 heteroatoms. The standard InChI is InChI=1S/C22H17F8O11P/c23-12-5-10(1-3-14(12)39-21(25,26)27)8-36-18-17(16(7-31)41-42(33,34)35)38-20(32)19(18)37-9-11-2-4-15(13(24)6-11)40-22(28,29)30/h1-6,16-17,31H,7-9H2,(H2,33,34,35)/t16-,17+/m0/s1. The Hall–Kier alpha value is -3.64. The van der Waals surface area contributed by atoms with Crippen molar-refractivity contribution in [3.8, 4) is 11.5 Å². The van der Waals surface area contributed by atoms with Gasteiger partial charge in [-0.2, -0.15) is 0 Å². The molecule has 1 aliphatic heterocycles. The van der Waals surface area contributed by atoms with Crippen LogP contribution in [0.15, 0.2) is 47.9 Å². The summed E-state index contributed by atoms with van der Waals surface area (Å²) in [5, 5.41) is 9.56. The summed E-state index contributed by atoms with van der Waals surface area (Å²) < 4.78 is 141. The molecule has 0 amide bonds. The molecule has 0 fully saturated rings. The lowest BCUT2D eigenvalue weighted by molar-refractivity contribution is -0.276. The Bertz CT molecular complexity index is 1370. The average Bonchev–Trinajstić information content (AvgIpc) is 3.15. The largest absolute Gasteiger partial charge is 0.573 e. The number of esters is 1. The van der Waals surface area contributed by atoms with E-state index in [4.69, 9.17) is 24.0 Å². The van der Waals surface area contributed by atoms with E-state index < -0.39 is 93.2 Å². The Morgan fingerprint density at radius 3 is 1.74 bits per heavy atom. The molecule has 11 nitrogen and oxygen atoms in total. The highest BCUT2D eigenvalue weighted by atomic mass is 31.2. The molecular formula is C22H17F8O11P. The minimum atomic E-state index is -5.31. The fourth-order valence-corrected chi connectivity index (χ4v) is 3.87. The van der Waals surface area contributed by atoms with Gasteiger partial charge < -0.3 is 38.6 Å². The summed E-state index contributed by atoms with van der Waals surface area (Å²) in [6, 6.07) is 4.22. The first-order valence-corrected chi connectivity index (χ1v) is 12.5. The van der Waals surface area contributed by atoms with E-state index in [9.17, 15) is 49.6 Å². The molecule has 1 aliphatic rings. The Morgan fingerprint density at radius 1 is 0.857 bits per heavy atom. The van der Waals surface area contributed by atoms with E-state index in [0.717, 1.165) is 12.1 Å². The Morgan fingerprint density at radius 2 is 1.33 bits per heavy atom. The van der Waals surface area contributed by atoms with Crippen LogP contribution < -0.4 is 9.47 Å². The minimum Gasteiger partial charge on any atom is -0.485 e. The summed E-state index contributed by atoms with van der Waals surface area (Å²) in [5.74, 6) is -8.16. The maximum atomic E-state index is 14.1. The number of alkyl halides is 6. The van der Waals surface area contributed by atoms with Gasteiger partial charge in [-0.05, 0) is 35.4 Å². The number of ether oxygens (including phenoxy) is 5. The molecular weight excluding hydrogens is 623 g/mol. The van der Waals surface area contributed by atoms with Gasteiger partial charge in [-0.1, -0.05) is 12.1 Å². The fraction of sp³-hybridized carbons (Fsp3) is 0.318. The average molecular weight is 640 g/mol. The number of carbonyl (C=O) groups excluding carboxylic acids is 1. The highest BCUT2D eigenvalue weighted by molar-refractivity contribution is 7.46. The third-order valence-electron chi connectivity index (χ3n) is 4.91. The molecule has 0 spiro atoms. The number of benzene rings is 2. The number of aliphatic hydroxyl groups is 1. The van der Waals surface area contributed by atoms with Crippen LogP contribution in [0.1, 0.15) is 11.1 Å². The Labute approximate surface area is 229 Å². The van der Waals surface area contributed by atoms with Crippen LogP contribution >= 0.6 is 7.82 Å². The predicted octanol–water partition coefficient (Wildman–Crippen LogP) is 4.10. The van der Waals surface area contributed by atoms with E-state index in [1.807, 2.05) is 0 Å². The van der Waals surface area contributed by atoms with Crippen LogP contribution in [0.2, 0.25) is 0 Å². The minimum absolute atomic E-state index is 0.155. The smallest absolute Gasteiger partial charge is 0.485 e. The molecule has 0 saturated heterocycles. The van der Waals surface area contributed by atoms with Crippen molar-refractivity contribution < 1.29 is 87.6 Å². The van der Waals surface area contributed by atoms with Crippen LogP contribution in [-0.2, 0) is 41.3 Å². The second-order valence-electron chi connectivity index (χ2n) is 8.04. The number of hydrogen-bond acceptors (Lipinski definition) is 9. The second kappa shape index (κ2) is 12.7. The maximum Gasteiger partial charge on any atom is 0.573 e. The van der Waals surface area contributed by atoms with Crippen LogP contribution in [0.4, 0.5) is 35.1 Å². The van der Waals surface area contributed by atoms with Crippen molar-refractivity contribution in [1.29, 1.82) is 0 Å². The van der Waals surface area contributed by atoms with Crippen LogP contribution in [0.25, 0.3) is 0 Å². The highest BCUT2D eigenvalue weighted by Crippen LogP contribution is 2.41. The van der Waals surface area contributed by atoms with Gasteiger partial charge in [0.2, 0.25) is 5.76 Å². The Kier molecular flexibility index (Phi) is 9.94. The second-order valence-corrected chi connectivity index (χ2v) is 9.23. The molecule has 232 valence electrons. The molecule has 2 aromatic rings. The molecule has 2 atom stereocenters. The third-order valence-corrected chi connectivity index (χ3v) is 5.46. The highest BCUT2D eigenvalue weighted by Gasteiger charge is 2.45. The quantitative estimate of drug-likeness (QED) is 0.175. The molecule has 0 bridgehead atoms. The zero-order valence-electron chi connectivity index (χ0n) is 20.3. The molecule has 0 aromatic heterocycles. The van der Waals surface area contributed by atoms with Gasteiger partial charge in [0.1, 0.15) is 19.3 Å². The first kappa shape index (κ1) is 32.9. The van der Waals surface area contributed by atoms with Crippen molar-refractivity contribution in [2.75, 3.05) is 6.61 Å². The van der Waals surface area contributed by atoms with Crippen molar-refractivity contribution in [2.45, 2.75) is 38.1 Å². The maximum absolute atomic E-state index is 14.1. The van der Waals surface area contributed by atoms with Gasteiger partial charge in [0, 0.05) is 0 Å². The van der Waals surface area contributed by atoms with Gasteiger partial charge in [-0.25, -0.2) is 18.1 Å². The van der Waals surface area contributed by atoms with Gasteiger partial charge in [-0.3, -0.25) is 4.52 Å². The van der Waals surface area contributed by atoms with E-state index >= 15 is 0 Å². The lowest BCUT2D eigenvalue weighted by atomic mass is 10.1. The van der Waals surface area contributed by atoms with Crippen LogP contribution in [0, 0.1) is 11.6 Å². The molecule has 0 aliphatic carbocycles. The SMILES string of the molecule is O=C1O[C@H]([C@H](CO)OP(=O)(O)O)C(OCc2ccc(OC(F)(F)F)c(F)c2)=C1OCc1ccc(OC(F)(F)F)c(F)c1. The monoisotopic (exact) mass is 640 g/mol. The molecule has 0 radical (unpaired) electrons. The molecule has 0 unspecified atom stereocenters. The fourth-order valence-electron chi connectivity index (χ4n) is 3.34. The van der Waals surface area contributed by atoms with E-state index in [1.165, 1.54) is 0 Å². The topological polar surface area (TPSA) is 150 Å². The Balaban J connectivity index is 1.87. The number of phosphoric ester groups is 1. The van der Waals surface area contributed by atoms with E-state index in [0.29, 0.717) is 24.3 Å². The summed E-state index contributed by atoms with van der Waals surface area (Å²) in [7, 11) is -5.31. The molecule has 3 rings (SSSR count). The van der Waals surface area contributed by atoms with Crippen molar-refractivity contribution in [3.05, 3.63) is 70.7 Å². The van der Waals surface area contributed by atoms with Gasteiger partial charge in [0.25, 0.3) is 0 Å². The van der Waals surface area contributed by atoms with Crippen molar-refractivity contribution in [1.82, 2.24) is 0 Å². The zero-order valence-corrected chi connectivity index (χ0v) is 21.2. The zero-order chi connectivity index (χ0) is 31.5. The first-order valence-electron chi connectivity index (χ1n) is 11.0. The molecule has 1 heterocycles. The van der Waals surface area contributed by atoms with E-state index in [-0.39, 0.29) is 11.1 Å². The summed E-state index contributed by atoms with van der Waals surface area (Å²) in [4.78, 5) is 30.7. The number of hydrogen-bond donors (Lipinski definition) is 3. The molecule has 2 aromatic carbocycles. The van der Waals surface area contributed by atoms with Crippen molar-refractivity contribution in [3.63, 3.8) is 0 Å². The van der Waals surface area contributed by atoms with Crippen molar-refractivity contribution in [2.24, 2.45) is 0 Å². The number of carbonyl (C=O) groups is 1. The summed E-state index contributed by atoms with van der Waals surface area (Å²) in [5.41, 5.74) is -0.316. The number of cyclic esters (lactones) is 1. The summed E-state index contributed by atoms with van der Waals surface area (Å²) >= 11 is 0. The summed E-state index contributed by atoms with van der Waals surface area (Å²) in [6.45, 7) is -2.63.